The number of hydrogen-bond donors (Lipinski definition) is 0. The van der Waals surface area contributed by atoms with E-state index in [1.165, 1.54) is 134 Å². The first-order valence-corrected chi connectivity index (χ1v) is 29.4. The molecular formula is C78H70N5+5. The lowest BCUT2D eigenvalue weighted by Crippen LogP contribution is -2.32. The first-order chi connectivity index (χ1) is 40.8. The highest BCUT2D eigenvalue weighted by Crippen LogP contribution is 2.34. The Bertz CT molecular complexity index is 4340. The van der Waals surface area contributed by atoms with Crippen LogP contribution in [0.5, 0.6) is 0 Å². The molecule has 5 aromatic heterocycles. The Morgan fingerprint density at radius 3 is 1.40 bits per heavy atom. The van der Waals surface area contributed by atoms with Crippen LogP contribution < -0.4 is 22.8 Å². The molecule has 0 atom stereocenters. The van der Waals surface area contributed by atoms with Crippen molar-refractivity contribution in [1.29, 1.82) is 0 Å². The number of benzene rings is 7. The minimum Gasteiger partial charge on any atom is -0.194 e. The third kappa shape index (κ3) is 10.5. The van der Waals surface area contributed by atoms with E-state index in [1.807, 2.05) is 0 Å². The van der Waals surface area contributed by atoms with Gasteiger partial charge in [0.15, 0.2) is 63.7 Å². The van der Waals surface area contributed by atoms with Gasteiger partial charge in [-0.25, -0.2) is 0 Å². The largest absolute Gasteiger partial charge is 0.216 e. The molecule has 0 N–H and O–H groups in total. The van der Waals surface area contributed by atoms with Gasteiger partial charge >= 0.3 is 0 Å². The number of aryl methyl sites for hydroxylation is 5. The van der Waals surface area contributed by atoms with Crippen molar-refractivity contribution in [3.63, 3.8) is 0 Å². The van der Waals surface area contributed by atoms with Gasteiger partial charge in [-0.15, -0.1) is 0 Å². The van der Waals surface area contributed by atoms with Crippen molar-refractivity contribution in [3.05, 3.63) is 317 Å². The second kappa shape index (κ2) is 23.0. The van der Waals surface area contributed by atoms with Gasteiger partial charge in [0.05, 0.1) is 27.8 Å². The monoisotopic (exact) mass is 1080 g/mol. The molecular weight excluding hydrogens is 1010 g/mol. The number of nitrogens with zero attached hydrogens (tertiary/aromatic N) is 5. The Morgan fingerprint density at radius 1 is 0.301 bits per heavy atom. The molecule has 7 aromatic carbocycles. The fraction of sp³-hybridized carbons (Fsp3) is 0.141. The van der Waals surface area contributed by atoms with Gasteiger partial charge in [0.25, 0.3) is 0 Å². The van der Waals surface area contributed by atoms with Crippen molar-refractivity contribution in [3.8, 4) is 78.5 Å². The van der Waals surface area contributed by atoms with Crippen molar-refractivity contribution in [2.24, 2.45) is 0 Å². The lowest BCUT2D eigenvalue weighted by molar-refractivity contribution is -0.672. The summed E-state index contributed by atoms with van der Waals surface area (Å²) >= 11 is 0. The first kappa shape index (κ1) is 52.7. The molecule has 10 heterocycles. The van der Waals surface area contributed by atoms with E-state index >= 15 is 0 Å². The maximum absolute atomic E-state index is 2.38. The van der Waals surface area contributed by atoms with E-state index in [-0.39, 0.29) is 0 Å². The Morgan fingerprint density at radius 2 is 0.771 bits per heavy atom. The van der Waals surface area contributed by atoms with Crippen molar-refractivity contribution in [2.75, 3.05) is 0 Å². The summed E-state index contributed by atoms with van der Waals surface area (Å²) < 4.78 is 11.6. The van der Waals surface area contributed by atoms with Crippen LogP contribution in [-0.2, 0) is 39.1 Å². The van der Waals surface area contributed by atoms with E-state index in [1.54, 1.807) is 0 Å². The molecule has 5 aliphatic rings. The van der Waals surface area contributed by atoms with Crippen LogP contribution in [0.25, 0.3) is 78.5 Å². The van der Waals surface area contributed by atoms with E-state index in [9.17, 15) is 0 Å². The molecule has 83 heavy (non-hydrogen) atoms. The average Bonchev–Trinajstić information content (AvgIpc) is 4.48. The second-order valence-electron chi connectivity index (χ2n) is 22.5. The van der Waals surface area contributed by atoms with Crippen LogP contribution >= 0.6 is 0 Å². The number of pyridine rings is 5. The van der Waals surface area contributed by atoms with Gasteiger partial charge in [-0.05, 0) is 123 Å². The van der Waals surface area contributed by atoms with Crippen LogP contribution in [0.3, 0.4) is 0 Å². The lowest BCUT2D eigenvalue weighted by Gasteiger charge is -2.08. The van der Waals surface area contributed by atoms with E-state index in [4.69, 9.17) is 0 Å². The Kier molecular flexibility index (Phi) is 14.6. The molecule has 0 fully saturated rings. The molecule has 0 bridgehead atoms. The van der Waals surface area contributed by atoms with Gasteiger partial charge in [0.1, 0.15) is 0 Å². The normalized spacial score (nSPS) is 12.2. The maximum Gasteiger partial charge on any atom is 0.216 e. The van der Waals surface area contributed by atoms with Gasteiger partial charge in [-0.1, -0.05) is 140 Å². The molecule has 0 amide bonds. The molecule has 0 saturated heterocycles. The summed E-state index contributed by atoms with van der Waals surface area (Å²) in [7, 11) is 0. The minimum atomic E-state index is 0.976. The highest BCUT2D eigenvalue weighted by molar-refractivity contribution is 5.73. The Balaban J connectivity index is 0.0000000985. The van der Waals surface area contributed by atoms with Crippen LogP contribution in [0.4, 0.5) is 0 Å². The van der Waals surface area contributed by atoms with Crippen LogP contribution in [0, 0.1) is 27.7 Å². The summed E-state index contributed by atoms with van der Waals surface area (Å²) in [5, 5.41) is 0. The molecule has 0 saturated carbocycles. The topological polar surface area (TPSA) is 19.4 Å². The van der Waals surface area contributed by atoms with Crippen molar-refractivity contribution in [2.45, 2.75) is 73.8 Å². The predicted molar refractivity (Wildman–Crippen MR) is 335 cm³/mol. The molecule has 12 aromatic rings. The van der Waals surface area contributed by atoms with E-state index in [2.05, 4.69) is 319 Å². The van der Waals surface area contributed by atoms with Gasteiger partial charge in [0.2, 0.25) is 28.5 Å². The predicted octanol–water partition coefficient (Wildman–Crippen LogP) is 15.1. The van der Waals surface area contributed by atoms with Crippen molar-refractivity contribution >= 4 is 0 Å². The SMILES string of the molecule is CCc1cc2[n+](cc1-c1ccccc1)Cc1ccccc1-2.Cc1ccc2c(c1)C[n+]1ccccc1-2.Cc1ccc[n+]2c1-c1ccccc1C2.Cc1cccc(C)c1-c1ccc2[n+](c1)Cc1ccccc1-2.c1ccc2c(c1)C[n+]1ccccc1-2. The van der Waals surface area contributed by atoms with Crippen molar-refractivity contribution in [1.82, 2.24) is 0 Å². The molecule has 0 spiro atoms. The summed E-state index contributed by atoms with van der Waals surface area (Å²) in [6, 6.07) is 82.4. The lowest BCUT2D eigenvalue weighted by atomic mass is 9.96. The number of fused-ring (bicyclic) bond motifs is 15. The Hall–Kier alpha value is -9.71. The standard InChI is InChI=1S/2C20H18N.2C13H12N.C12H10N/c1-14-6-5-7-15(2)20(14)17-10-11-19-18-9-4-3-8-16(18)12-21(19)13-17;1-2-15-12-20-18-11-7-6-10-17(18)13-21(20)14-19(15)16-8-4-3-5-9-16;1-10-5-4-8-14-9-11-6-2-3-7-12(11)13(10)14;1-10-5-6-12-11(8-10)9-14-7-3-2-4-13(12)14;1-2-6-11-10(5-1)9-13-8-4-3-7-12(11)13/h3-11,13H,12H2,1-2H3;3-12,14H,2,13H2,1H3;2*2-8H,9H2,1H3;1-8H,9H2/q5*+1. The first-order valence-electron chi connectivity index (χ1n) is 29.4. The molecule has 402 valence electrons. The van der Waals surface area contributed by atoms with E-state index in [0.717, 1.165) is 39.1 Å². The van der Waals surface area contributed by atoms with Crippen LogP contribution in [0.2, 0.25) is 0 Å². The van der Waals surface area contributed by atoms with Crippen LogP contribution in [0.1, 0.15) is 62.6 Å². The number of aromatic nitrogens is 5. The van der Waals surface area contributed by atoms with E-state index in [0.29, 0.717) is 0 Å². The smallest absolute Gasteiger partial charge is 0.194 e. The zero-order valence-electron chi connectivity index (χ0n) is 48.3. The number of rotatable bonds is 3. The summed E-state index contributed by atoms with van der Waals surface area (Å²) in [6.07, 6.45) is 12.1. The summed E-state index contributed by atoms with van der Waals surface area (Å²) in [5.74, 6) is 0. The summed E-state index contributed by atoms with van der Waals surface area (Å²) in [6.45, 7) is 16.0. The van der Waals surface area contributed by atoms with E-state index < -0.39 is 0 Å². The van der Waals surface area contributed by atoms with Gasteiger partial charge in [0, 0.05) is 87.0 Å². The van der Waals surface area contributed by atoms with Crippen LogP contribution in [0.15, 0.2) is 262 Å². The third-order valence-corrected chi connectivity index (χ3v) is 17.1. The van der Waals surface area contributed by atoms with Crippen LogP contribution in [-0.4, -0.2) is 0 Å². The number of hydrogen-bond acceptors (Lipinski definition) is 0. The fourth-order valence-corrected chi connectivity index (χ4v) is 13.0. The molecule has 5 nitrogen and oxygen atoms in total. The van der Waals surface area contributed by atoms with Gasteiger partial charge < -0.3 is 0 Å². The molecule has 0 unspecified atom stereocenters. The molecule has 0 aliphatic carbocycles. The summed E-state index contributed by atoms with van der Waals surface area (Å²) in [5.41, 5.74) is 32.9. The minimum absolute atomic E-state index is 0.976. The zero-order chi connectivity index (χ0) is 56.4. The molecule has 5 aliphatic heterocycles. The molecule has 5 heteroatoms. The third-order valence-electron chi connectivity index (χ3n) is 17.1. The quantitative estimate of drug-likeness (QED) is 0.157. The Labute approximate surface area is 489 Å². The van der Waals surface area contributed by atoms with Crippen molar-refractivity contribution < 1.29 is 22.8 Å². The van der Waals surface area contributed by atoms with Gasteiger partial charge in [-0.2, -0.15) is 22.8 Å². The average molecular weight is 1080 g/mol. The molecule has 17 rings (SSSR count). The summed E-state index contributed by atoms with van der Waals surface area (Å²) in [4.78, 5) is 0. The highest BCUT2D eigenvalue weighted by Gasteiger charge is 2.30. The van der Waals surface area contributed by atoms with Gasteiger partial charge in [-0.3, -0.25) is 0 Å². The second-order valence-corrected chi connectivity index (χ2v) is 22.5. The molecule has 0 radical (unpaired) electrons. The fourth-order valence-electron chi connectivity index (χ4n) is 13.0. The highest BCUT2D eigenvalue weighted by atomic mass is 15.0. The maximum atomic E-state index is 2.38. The zero-order valence-corrected chi connectivity index (χ0v) is 48.3.